The number of anilines is 2. The number of rotatable bonds is 7. The van der Waals surface area contributed by atoms with Crippen LogP contribution in [0, 0.1) is 0 Å². The molecule has 0 heterocycles. The number of nitrogens with two attached hydrogens (primary N) is 2. The molecule has 6 heteroatoms. The van der Waals surface area contributed by atoms with Crippen molar-refractivity contribution in [1.82, 2.24) is 0 Å². The van der Waals surface area contributed by atoms with Gasteiger partial charge in [0.25, 0.3) is 0 Å². The molecule has 0 radical (unpaired) electrons. The highest BCUT2D eigenvalue weighted by atomic mass is 32.2. The second kappa shape index (κ2) is 6.77. The minimum Gasteiger partial charge on any atom is -0.397 e. The summed E-state index contributed by atoms with van der Waals surface area (Å²) in [5.41, 5.74) is 6.98. The van der Waals surface area contributed by atoms with Crippen LogP contribution >= 0.6 is 0 Å². The molecule has 1 aromatic carbocycles. The maximum Gasteiger partial charge on any atom is 0.238 e. The number of nitrogen functional groups attached to an aromatic ring is 1. The van der Waals surface area contributed by atoms with Crippen LogP contribution in [0.1, 0.15) is 39.5 Å². The second-order valence-electron chi connectivity index (χ2n) is 4.84. The zero-order valence-corrected chi connectivity index (χ0v) is 12.3. The number of sulfonamides is 1. The molecule has 0 aliphatic carbocycles. The summed E-state index contributed by atoms with van der Waals surface area (Å²) in [7, 11) is -3.70. The summed E-state index contributed by atoms with van der Waals surface area (Å²) in [5, 5.41) is 8.34. The van der Waals surface area contributed by atoms with Crippen LogP contribution in [0.5, 0.6) is 0 Å². The molecule has 0 bridgehead atoms. The second-order valence-corrected chi connectivity index (χ2v) is 6.40. The average molecular weight is 285 g/mol. The van der Waals surface area contributed by atoms with Crippen LogP contribution < -0.4 is 16.2 Å². The molecule has 0 amide bonds. The Morgan fingerprint density at radius 3 is 2.53 bits per heavy atom. The lowest BCUT2D eigenvalue weighted by Crippen LogP contribution is -2.17. The number of hydrogen-bond acceptors (Lipinski definition) is 4. The van der Waals surface area contributed by atoms with Crippen LogP contribution in [0.25, 0.3) is 0 Å². The largest absolute Gasteiger partial charge is 0.397 e. The van der Waals surface area contributed by atoms with E-state index in [4.69, 9.17) is 10.9 Å². The minimum absolute atomic E-state index is 0.0363. The summed E-state index contributed by atoms with van der Waals surface area (Å²) in [4.78, 5) is 0.0363. The molecule has 0 saturated carbocycles. The van der Waals surface area contributed by atoms with E-state index < -0.39 is 10.0 Å². The molecule has 1 aromatic rings. The lowest BCUT2D eigenvalue weighted by atomic mass is 10.1. The molecule has 0 aliphatic rings. The van der Waals surface area contributed by atoms with Crippen molar-refractivity contribution in [1.29, 1.82) is 0 Å². The summed E-state index contributed by atoms with van der Waals surface area (Å²) in [6, 6.07) is 4.81. The van der Waals surface area contributed by atoms with Crippen molar-refractivity contribution in [3.05, 3.63) is 18.2 Å². The molecule has 5 nitrogen and oxygen atoms in total. The van der Waals surface area contributed by atoms with E-state index in [-0.39, 0.29) is 4.90 Å². The smallest absolute Gasteiger partial charge is 0.238 e. The van der Waals surface area contributed by atoms with Crippen LogP contribution in [0.3, 0.4) is 0 Å². The van der Waals surface area contributed by atoms with Gasteiger partial charge < -0.3 is 11.1 Å². The van der Waals surface area contributed by atoms with Gasteiger partial charge in [-0.3, -0.25) is 0 Å². The highest BCUT2D eigenvalue weighted by molar-refractivity contribution is 7.89. The van der Waals surface area contributed by atoms with E-state index in [1.807, 2.05) is 0 Å². The molecule has 19 heavy (non-hydrogen) atoms. The van der Waals surface area contributed by atoms with E-state index in [0.717, 1.165) is 12.1 Å². The number of nitrogens with one attached hydrogen (secondary N) is 1. The van der Waals surface area contributed by atoms with E-state index in [9.17, 15) is 8.42 Å². The first-order chi connectivity index (χ1) is 8.84. The lowest BCUT2D eigenvalue weighted by Gasteiger charge is -2.17. The number of hydrogen-bond donors (Lipinski definition) is 3. The van der Waals surface area contributed by atoms with Crippen molar-refractivity contribution in [3.8, 4) is 0 Å². The summed E-state index contributed by atoms with van der Waals surface area (Å²) in [6.45, 7) is 4.25. The molecule has 0 saturated heterocycles. The van der Waals surface area contributed by atoms with Gasteiger partial charge in [-0.25, -0.2) is 13.6 Å². The topological polar surface area (TPSA) is 98.2 Å². The van der Waals surface area contributed by atoms with Gasteiger partial charge in [0.2, 0.25) is 10.0 Å². The van der Waals surface area contributed by atoms with E-state index >= 15 is 0 Å². The molecule has 0 fully saturated rings. The van der Waals surface area contributed by atoms with Gasteiger partial charge in [-0.1, -0.05) is 26.2 Å². The van der Waals surface area contributed by atoms with Crippen LogP contribution in [-0.2, 0) is 10.0 Å². The maximum atomic E-state index is 11.2. The molecule has 5 N–H and O–H groups in total. The molecule has 0 aliphatic heterocycles. The predicted molar refractivity (Wildman–Crippen MR) is 79.5 cm³/mol. The van der Waals surface area contributed by atoms with Gasteiger partial charge in [0, 0.05) is 6.04 Å². The molecule has 1 atom stereocenters. The zero-order chi connectivity index (χ0) is 14.5. The summed E-state index contributed by atoms with van der Waals surface area (Å²) >= 11 is 0. The Labute approximate surface area is 115 Å². The third-order valence-electron chi connectivity index (χ3n) is 2.99. The summed E-state index contributed by atoms with van der Waals surface area (Å²) < 4.78 is 22.4. The van der Waals surface area contributed by atoms with Gasteiger partial charge in [0.05, 0.1) is 16.3 Å². The minimum atomic E-state index is -3.70. The normalized spacial score (nSPS) is 13.2. The van der Waals surface area contributed by atoms with Crippen molar-refractivity contribution in [2.45, 2.75) is 50.5 Å². The molecule has 108 valence electrons. The first-order valence-electron chi connectivity index (χ1n) is 6.53. The maximum absolute atomic E-state index is 11.2. The zero-order valence-electron chi connectivity index (χ0n) is 11.5. The van der Waals surface area contributed by atoms with Crippen molar-refractivity contribution in [3.63, 3.8) is 0 Å². The fourth-order valence-electron chi connectivity index (χ4n) is 1.89. The predicted octanol–water partition coefficient (Wildman–Crippen LogP) is 2.30. The fraction of sp³-hybridized carbons (Fsp3) is 0.538. The van der Waals surface area contributed by atoms with Gasteiger partial charge in [-0.2, -0.15) is 0 Å². The Morgan fingerprint density at radius 1 is 1.32 bits per heavy atom. The number of primary sulfonamides is 1. The molecule has 0 spiro atoms. The van der Waals surface area contributed by atoms with Crippen LogP contribution in [0.2, 0.25) is 0 Å². The van der Waals surface area contributed by atoms with Gasteiger partial charge in [-0.15, -0.1) is 0 Å². The third-order valence-corrected chi connectivity index (χ3v) is 3.91. The Morgan fingerprint density at radius 2 is 2.00 bits per heavy atom. The van der Waals surface area contributed by atoms with Crippen LogP contribution in [0.15, 0.2) is 23.1 Å². The van der Waals surface area contributed by atoms with Crippen LogP contribution in [0.4, 0.5) is 11.4 Å². The van der Waals surface area contributed by atoms with Crippen LogP contribution in [-0.4, -0.2) is 14.5 Å². The van der Waals surface area contributed by atoms with E-state index in [1.54, 1.807) is 6.07 Å². The summed E-state index contributed by atoms with van der Waals surface area (Å²) in [5.74, 6) is 0. The Balaban J connectivity index is 2.70. The molecular formula is C13H23N3O2S. The van der Waals surface area contributed by atoms with Gasteiger partial charge >= 0.3 is 0 Å². The highest BCUT2D eigenvalue weighted by Crippen LogP contribution is 2.23. The van der Waals surface area contributed by atoms with E-state index in [1.165, 1.54) is 31.4 Å². The quantitative estimate of drug-likeness (QED) is 0.529. The molecule has 1 rings (SSSR count). The van der Waals surface area contributed by atoms with Crippen molar-refractivity contribution in [2.24, 2.45) is 5.14 Å². The van der Waals surface area contributed by atoms with Crippen molar-refractivity contribution in [2.75, 3.05) is 11.1 Å². The number of unbranched alkanes of at least 4 members (excludes halogenated alkanes) is 2. The van der Waals surface area contributed by atoms with Gasteiger partial charge in [0.1, 0.15) is 0 Å². The Hall–Kier alpha value is -1.27. The average Bonchev–Trinajstić information content (AvgIpc) is 2.31. The van der Waals surface area contributed by atoms with E-state index in [2.05, 4.69) is 19.2 Å². The Bertz CT molecular complexity index is 515. The number of benzene rings is 1. The summed E-state index contributed by atoms with van der Waals surface area (Å²) in [6.07, 6.45) is 4.63. The molecule has 0 aromatic heterocycles. The molecule has 1 unspecified atom stereocenters. The molecular weight excluding hydrogens is 262 g/mol. The standard InChI is InChI=1S/C13H23N3O2S/c1-3-4-5-6-10(2)16-13-8-7-11(9-12(13)14)19(15,17)18/h7-10,16H,3-6,14H2,1-2H3,(H2,15,17,18). The first kappa shape index (κ1) is 15.8. The first-order valence-corrected chi connectivity index (χ1v) is 8.08. The fourth-order valence-corrected chi connectivity index (χ4v) is 2.44. The lowest BCUT2D eigenvalue weighted by molar-refractivity contribution is 0.598. The van der Waals surface area contributed by atoms with Crippen molar-refractivity contribution < 1.29 is 8.42 Å². The van der Waals surface area contributed by atoms with Gasteiger partial charge in [0.15, 0.2) is 0 Å². The van der Waals surface area contributed by atoms with Crippen molar-refractivity contribution >= 4 is 21.4 Å². The third kappa shape index (κ3) is 5.08. The monoisotopic (exact) mass is 285 g/mol. The van der Waals surface area contributed by atoms with Gasteiger partial charge in [-0.05, 0) is 31.5 Å². The Kier molecular flexibility index (Phi) is 5.62. The van der Waals surface area contributed by atoms with E-state index in [0.29, 0.717) is 11.7 Å². The SMILES string of the molecule is CCCCCC(C)Nc1ccc(S(N)(=O)=O)cc1N. The highest BCUT2D eigenvalue weighted by Gasteiger charge is 2.11.